The first kappa shape index (κ1) is 22.6. The molecule has 174 valence electrons. The number of rotatable bonds is 8. The first-order valence-electron chi connectivity index (χ1n) is 11.1. The fourth-order valence-electron chi connectivity index (χ4n) is 3.88. The van der Waals surface area contributed by atoms with Crippen LogP contribution in [-0.2, 0) is 9.53 Å². The van der Waals surface area contributed by atoms with E-state index in [0.717, 1.165) is 35.2 Å². The van der Waals surface area contributed by atoms with Gasteiger partial charge in [0.05, 0.1) is 30.7 Å². The van der Waals surface area contributed by atoms with Crippen LogP contribution in [0.1, 0.15) is 16.5 Å². The first-order chi connectivity index (χ1) is 16.8. The highest BCUT2D eigenvalue weighted by Gasteiger charge is 2.23. The second kappa shape index (κ2) is 10.9. The van der Waals surface area contributed by atoms with Gasteiger partial charge in [0.25, 0.3) is 0 Å². The lowest BCUT2D eigenvalue weighted by Gasteiger charge is -2.27. The zero-order valence-corrected chi connectivity index (χ0v) is 20.2. The third kappa shape index (κ3) is 5.16. The molecule has 1 fully saturated rings. The van der Waals surface area contributed by atoms with Gasteiger partial charge in [0.15, 0.2) is 5.16 Å². The second-order valence-corrected chi connectivity index (χ2v) is 9.69. The number of aromatic nitrogens is 3. The van der Waals surface area contributed by atoms with Crippen molar-refractivity contribution in [2.24, 2.45) is 0 Å². The molecule has 1 N–H and O–H groups in total. The molecule has 4 aromatic rings. The number of benzene rings is 2. The van der Waals surface area contributed by atoms with Crippen LogP contribution in [0.25, 0.3) is 5.69 Å². The molecule has 0 radical (unpaired) electrons. The summed E-state index contributed by atoms with van der Waals surface area (Å²) in [6.45, 7) is 2.84. The number of anilines is 1. The summed E-state index contributed by atoms with van der Waals surface area (Å²) >= 11 is 3.03. The van der Waals surface area contributed by atoms with Crippen LogP contribution in [0, 0.1) is 0 Å². The van der Waals surface area contributed by atoms with Crippen molar-refractivity contribution in [3.63, 3.8) is 0 Å². The number of hydrogen-bond acceptors (Lipinski definition) is 7. The number of nitrogens with zero attached hydrogens (tertiary/aromatic N) is 4. The Labute approximate surface area is 206 Å². The van der Waals surface area contributed by atoms with Crippen LogP contribution in [0.2, 0.25) is 0 Å². The van der Waals surface area contributed by atoms with E-state index in [1.54, 1.807) is 11.3 Å². The summed E-state index contributed by atoms with van der Waals surface area (Å²) in [5, 5.41) is 14.8. The van der Waals surface area contributed by atoms with Crippen LogP contribution in [-0.4, -0.2) is 52.7 Å². The lowest BCUT2D eigenvalue weighted by molar-refractivity contribution is -0.119. The number of para-hydroxylation sites is 1. The van der Waals surface area contributed by atoms with E-state index >= 15 is 0 Å². The van der Waals surface area contributed by atoms with Gasteiger partial charge in [0.2, 0.25) is 11.9 Å². The van der Waals surface area contributed by atoms with E-state index in [4.69, 9.17) is 4.74 Å². The molecule has 34 heavy (non-hydrogen) atoms. The molecular weight excluding hydrogens is 466 g/mol. The average Bonchev–Trinajstić information content (AvgIpc) is 3.58. The number of hydrogen-bond donors (Lipinski definition) is 1. The van der Waals surface area contributed by atoms with Gasteiger partial charge < -0.3 is 15.0 Å². The summed E-state index contributed by atoms with van der Waals surface area (Å²) in [4.78, 5) is 16.3. The minimum atomic E-state index is -0.176. The molecule has 0 bridgehead atoms. The number of thiophene rings is 1. The Morgan fingerprint density at radius 2 is 1.74 bits per heavy atom. The summed E-state index contributed by atoms with van der Waals surface area (Å²) in [6, 6.07) is 23.9. The van der Waals surface area contributed by atoms with Crippen LogP contribution in [0.4, 0.5) is 5.95 Å². The molecule has 0 unspecified atom stereocenters. The summed E-state index contributed by atoms with van der Waals surface area (Å²) in [5.41, 5.74) is 2.03. The summed E-state index contributed by atoms with van der Waals surface area (Å²) in [7, 11) is 0. The van der Waals surface area contributed by atoms with Crippen molar-refractivity contribution in [3.8, 4) is 5.69 Å². The Morgan fingerprint density at radius 1 is 1.00 bits per heavy atom. The Hall–Kier alpha value is -3.14. The molecule has 1 amide bonds. The smallest absolute Gasteiger partial charge is 0.232 e. The van der Waals surface area contributed by atoms with Crippen molar-refractivity contribution in [1.29, 1.82) is 0 Å². The maximum absolute atomic E-state index is 13.0. The SMILES string of the molecule is O=C(CSc1nnc(N2CCOCC2)n1-c1ccccc1)N[C@H](c1ccccc1)c1cccs1. The minimum Gasteiger partial charge on any atom is -0.378 e. The molecule has 5 rings (SSSR count). The number of morpholine rings is 1. The van der Waals surface area contributed by atoms with Crippen molar-refractivity contribution >= 4 is 35.0 Å². The lowest BCUT2D eigenvalue weighted by Crippen LogP contribution is -2.37. The molecule has 1 atom stereocenters. The zero-order chi connectivity index (χ0) is 23.2. The molecule has 7 nitrogen and oxygen atoms in total. The molecule has 0 spiro atoms. The molecule has 0 aliphatic carbocycles. The third-order valence-corrected chi connectivity index (χ3v) is 7.39. The van der Waals surface area contributed by atoms with Crippen LogP contribution in [0.5, 0.6) is 0 Å². The molecule has 2 aromatic carbocycles. The van der Waals surface area contributed by atoms with Crippen molar-refractivity contribution in [2.75, 3.05) is 37.0 Å². The molecule has 1 aliphatic heterocycles. The van der Waals surface area contributed by atoms with Gasteiger partial charge in [-0.2, -0.15) is 0 Å². The number of ether oxygens (including phenoxy) is 1. The van der Waals surface area contributed by atoms with Gasteiger partial charge in [-0.15, -0.1) is 21.5 Å². The first-order valence-corrected chi connectivity index (χ1v) is 13.0. The van der Waals surface area contributed by atoms with Gasteiger partial charge >= 0.3 is 0 Å². The van der Waals surface area contributed by atoms with Crippen LogP contribution < -0.4 is 10.2 Å². The standard InChI is InChI=1S/C25H25N5O2S2/c31-22(26-23(21-12-7-17-33-21)19-8-3-1-4-9-19)18-34-25-28-27-24(29-13-15-32-16-14-29)30(25)20-10-5-2-6-11-20/h1-12,17,23H,13-16,18H2,(H,26,31)/t23-/m1/s1. The summed E-state index contributed by atoms with van der Waals surface area (Å²) in [5.74, 6) is 0.962. The number of carbonyl (C=O) groups excluding carboxylic acids is 1. The zero-order valence-electron chi connectivity index (χ0n) is 18.5. The van der Waals surface area contributed by atoms with Crippen molar-refractivity contribution in [3.05, 3.63) is 88.6 Å². The van der Waals surface area contributed by atoms with E-state index < -0.39 is 0 Å². The number of amides is 1. The Bertz CT molecular complexity index is 1190. The van der Waals surface area contributed by atoms with Crippen molar-refractivity contribution in [1.82, 2.24) is 20.1 Å². The van der Waals surface area contributed by atoms with Gasteiger partial charge in [-0.05, 0) is 29.1 Å². The Morgan fingerprint density at radius 3 is 2.44 bits per heavy atom. The maximum Gasteiger partial charge on any atom is 0.232 e. The number of thioether (sulfide) groups is 1. The molecule has 9 heteroatoms. The monoisotopic (exact) mass is 491 g/mol. The highest BCUT2D eigenvalue weighted by Crippen LogP contribution is 2.29. The van der Waals surface area contributed by atoms with E-state index in [0.29, 0.717) is 18.4 Å². The van der Waals surface area contributed by atoms with Crippen LogP contribution in [0.15, 0.2) is 83.3 Å². The third-order valence-electron chi connectivity index (χ3n) is 5.52. The van der Waals surface area contributed by atoms with E-state index in [2.05, 4.69) is 26.5 Å². The maximum atomic E-state index is 13.0. The van der Waals surface area contributed by atoms with Crippen LogP contribution >= 0.6 is 23.1 Å². The quantitative estimate of drug-likeness (QED) is 0.373. The fourth-order valence-corrected chi connectivity index (χ4v) is 5.44. The van der Waals surface area contributed by atoms with Gasteiger partial charge in [0.1, 0.15) is 0 Å². The van der Waals surface area contributed by atoms with Gasteiger partial charge in [0, 0.05) is 18.0 Å². The molecule has 2 aromatic heterocycles. The van der Waals surface area contributed by atoms with E-state index in [-0.39, 0.29) is 17.7 Å². The predicted octanol–water partition coefficient (Wildman–Crippen LogP) is 4.16. The number of nitrogens with one attached hydrogen (secondary N) is 1. The van der Waals surface area contributed by atoms with Gasteiger partial charge in [-0.25, -0.2) is 0 Å². The molecular formula is C25H25N5O2S2. The average molecular weight is 492 g/mol. The van der Waals surface area contributed by atoms with Crippen molar-refractivity contribution in [2.45, 2.75) is 11.2 Å². The van der Waals surface area contributed by atoms with E-state index in [9.17, 15) is 4.79 Å². The minimum absolute atomic E-state index is 0.0530. The van der Waals surface area contributed by atoms with E-state index in [1.807, 2.05) is 76.7 Å². The van der Waals surface area contributed by atoms with Gasteiger partial charge in [-0.1, -0.05) is 66.4 Å². The highest BCUT2D eigenvalue weighted by atomic mass is 32.2. The topological polar surface area (TPSA) is 72.3 Å². The summed E-state index contributed by atoms with van der Waals surface area (Å²) in [6.07, 6.45) is 0. The fraction of sp³-hybridized carbons (Fsp3) is 0.240. The molecule has 1 aliphatic rings. The summed E-state index contributed by atoms with van der Waals surface area (Å²) < 4.78 is 7.53. The highest BCUT2D eigenvalue weighted by molar-refractivity contribution is 7.99. The van der Waals surface area contributed by atoms with E-state index in [1.165, 1.54) is 11.8 Å². The van der Waals surface area contributed by atoms with Crippen LogP contribution in [0.3, 0.4) is 0 Å². The van der Waals surface area contributed by atoms with Gasteiger partial charge in [-0.3, -0.25) is 9.36 Å². The Kier molecular flexibility index (Phi) is 7.23. The predicted molar refractivity (Wildman–Crippen MR) is 136 cm³/mol. The molecule has 0 saturated carbocycles. The Balaban J connectivity index is 1.34. The number of carbonyl (C=O) groups is 1. The lowest BCUT2D eigenvalue weighted by atomic mass is 10.1. The molecule has 3 heterocycles. The van der Waals surface area contributed by atoms with Crippen molar-refractivity contribution < 1.29 is 9.53 Å². The molecule has 1 saturated heterocycles. The largest absolute Gasteiger partial charge is 0.378 e. The normalized spacial score (nSPS) is 14.6. The second-order valence-electron chi connectivity index (χ2n) is 7.77.